The maximum atomic E-state index is 12.4. The zero-order valence-electron chi connectivity index (χ0n) is 17.5. The highest BCUT2D eigenvalue weighted by atomic mass is 16.5. The Morgan fingerprint density at radius 1 is 1.10 bits per heavy atom. The quantitative estimate of drug-likeness (QED) is 0.799. The van der Waals surface area contributed by atoms with Crippen LogP contribution in [0, 0.1) is 6.92 Å². The number of anilines is 2. The van der Waals surface area contributed by atoms with E-state index in [1.165, 1.54) is 30.3 Å². The van der Waals surface area contributed by atoms with Crippen LogP contribution in [0.15, 0.2) is 10.7 Å². The summed E-state index contributed by atoms with van der Waals surface area (Å²) < 4.78 is 4.99. The molecule has 8 nitrogen and oxygen atoms in total. The van der Waals surface area contributed by atoms with E-state index in [9.17, 15) is 4.79 Å². The minimum Gasteiger partial charge on any atom is -0.362 e. The van der Waals surface area contributed by atoms with Crippen molar-refractivity contribution in [2.24, 2.45) is 0 Å². The SMILES string of the molecule is Cc1oncc1C(=O)NC1CCC(Nc2nc3c(c(N(C)C)n2)CCCC3)CC1. The normalized spacial score (nSPS) is 21.3. The van der Waals surface area contributed by atoms with Crippen LogP contribution in [-0.4, -0.2) is 47.2 Å². The first-order valence-electron chi connectivity index (χ1n) is 10.6. The van der Waals surface area contributed by atoms with E-state index in [0.29, 0.717) is 17.4 Å². The van der Waals surface area contributed by atoms with E-state index in [2.05, 4.69) is 20.7 Å². The van der Waals surface area contributed by atoms with E-state index >= 15 is 0 Å². The summed E-state index contributed by atoms with van der Waals surface area (Å²) in [6.07, 6.45) is 9.82. The second kappa shape index (κ2) is 8.39. The Morgan fingerprint density at radius 3 is 2.52 bits per heavy atom. The molecular formula is C21H30N6O2. The summed E-state index contributed by atoms with van der Waals surface area (Å²) in [6, 6.07) is 0.508. The van der Waals surface area contributed by atoms with Crippen molar-refractivity contribution in [3.05, 3.63) is 28.8 Å². The first-order chi connectivity index (χ1) is 14.0. The van der Waals surface area contributed by atoms with E-state index < -0.39 is 0 Å². The first kappa shape index (κ1) is 19.7. The molecule has 2 aliphatic rings. The fraction of sp³-hybridized carbons (Fsp3) is 0.619. The molecule has 0 bridgehead atoms. The van der Waals surface area contributed by atoms with E-state index in [0.717, 1.165) is 50.3 Å². The Hall–Kier alpha value is -2.64. The lowest BCUT2D eigenvalue weighted by molar-refractivity contribution is 0.0925. The number of rotatable bonds is 5. The molecule has 0 spiro atoms. The van der Waals surface area contributed by atoms with E-state index in [4.69, 9.17) is 14.5 Å². The van der Waals surface area contributed by atoms with Crippen molar-refractivity contribution >= 4 is 17.7 Å². The van der Waals surface area contributed by atoms with Crippen molar-refractivity contribution < 1.29 is 9.32 Å². The van der Waals surface area contributed by atoms with Crippen LogP contribution in [-0.2, 0) is 12.8 Å². The second-order valence-corrected chi connectivity index (χ2v) is 8.36. The van der Waals surface area contributed by atoms with Gasteiger partial charge in [0.25, 0.3) is 5.91 Å². The van der Waals surface area contributed by atoms with Crippen LogP contribution in [0.1, 0.15) is 65.9 Å². The largest absolute Gasteiger partial charge is 0.362 e. The lowest BCUT2D eigenvalue weighted by Crippen LogP contribution is -2.40. The molecule has 2 aromatic rings. The van der Waals surface area contributed by atoms with Crippen molar-refractivity contribution in [1.29, 1.82) is 0 Å². The van der Waals surface area contributed by atoms with Gasteiger partial charge in [-0.1, -0.05) is 5.16 Å². The van der Waals surface area contributed by atoms with Gasteiger partial charge in [0, 0.05) is 31.7 Å². The summed E-state index contributed by atoms with van der Waals surface area (Å²) in [5, 5.41) is 10.3. The summed E-state index contributed by atoms with van der Waals surface area (Å²) in [4.78, 5) is 24.1. The third-order valence-corrected chi connectivity index (χ3v) is 5.98. The van der Waals surface area contributed by atoms with Crippen LogP contribution < -0.4 is 15.5 Å². The van der Waals surface area contributed by atoms with Crippen LogP contribution in [0.2, 0.25) is 0 Å². The number of fused-ring (bicyclic) bond motifs is 1. The highest BCUT2D eigenvalue weighted by Crippen LogP contribution is 2.29. The fourth-order valence-corrected chi connectivity index (χ4v) is 4.35. The van der Waals surface area contributed by atoms with Gasteiger partial charge in [-0.05, 0) is 58.3 Å². The summed E-state index contributed by atoms with van der Waals surface area (Å²) in [5.41, 5.74) is 3.02. The monoisotopic (exact) mass is 398 g/mol. The van der Waals surface area contributed by atoms with Gasteiger partial charge in [-0.2, -0.15) is 4.98 Å². The molecule has 0 aromatic carbocycles. The molecule has 0 saturated heterocycles. The molecule has 1 fully saturated rings. The Bertz CT molecular complexity index is 870. The van der Waals surface area contributed by atoms with E-state index in [1.54, 1.807) is 6.92 Å². The average Bonchev–Trinajstić information content (AvgIpc) is 3.15. The molecule has 0 aliphatic heterocycles. The fourth-order valence-electron chi connectivity index (χ4n) is 4.35. The molecule has 2 heterocycles. The molecule has 2 aromatic heterocycles. The molecule has 2 aliphatic carbocycles. The number of hydrogen-bond donors (Lipinski definition) is 2. The number of amides is 1. The summed E-state index contributed by atoms with van der Waals surface area (Å²) in [7, 11) is 4.10. The third-order valence-electron chi connectivity index (χ3n) is 5.98. The molecule has 1 amide bonds. The van der Waals surface area contributed by atoms with Crippen molar-refractivity contribution in [2.45, 2.75) is 70.4 Å². The van der Waals surface area contributed by atoms with Crippen molar-refractivity contribution in [3.63, 3.8) is 0 Å². The Kier molecular flexibility index (Phi) is 5.69. The van der Waals surface area contributed by atoms with Crippen LogP contribution in [0.5, 0.6) is 0 Å². The zero-order valence-corrected chi connectivity index (χ0v) is 17.5. The molecule has 0 radical (unpaired) electrons. The van der Waals surface area contributed by atoms with Gasteiger partial charge in [0.2, 0.25) is 5.95 Å². The lowest BCUT2D eigenvalue weighted by atomic mass is 9.91. The first-order valence-corrected chi connectivity index (χ1v) is 10.6. The smallest absolute Gasteiger partial charge is 0.256 e. The molecule has 2 N–H and O–H groups in total. The average molecular weight is 399 g/mol. The molecular weight excluding hydrogens is 368 g/mol. The number of nitrogens with one attached hydrogen (secondary N) is 2. The number of aromatic nitrogens is 3. The minimum atomic E-state index is -0.103. The third kappa shape index (κ3) is 4.36. The number of nitrogens with zero attached hydrogens (tertiary/aromatic N) is 4. The van der Waals surface area contributed by atoms with Crippen molar-refractivity contribution in [2.75, 3.05) is 24.3 Å². The topological polar surface area (TPSA) is 96.2 Å². The molecule has 1 saturated carbocycles. The highest BCUT2D eigenvalue weighted by Gasteiger charge is 2.25. The molecule has 0 unspecified atom stereocenters. The maximum Gasteiger partial charge on any atom is 0.256 e. The number of hydrogen-bond acceptors (Lipinski definition) is 7. The van der Waals surface area contributed by atoms with E-state index in [-0.39, 0.29) is 11.9 Å². The van der Waals surface area contributed by atoms with Crippen LogP contribution >= 0.6 is 0 Å². The molecule has 8 heteroatoms. The van der Waals surface area contributed by atoms with Crippen LogP contribution in [0.4, 0.5) is 11.8 Å². The predicted molar refractivity (Wildman–Crippen MR) is 111 cm³/mol. The zero-order chi connectivity index (χ0) is 20.4. The van der Waals surface area contributed by atoms with Crippen LogP contribution in [0.25, 0.3) is 0 Å². The Labute approximate surface area is 171 Å². The highest BCUT2D eigenvalue weighted by molar-refractivity contribution is 5.94. The summed E-state index contributed by atoms with van der Waals surface area (Å²) in [6.45, 7) is 1.75. The maximum absolute atomic E-state index is 12.4. The minimum absolute atomic E-state index is 0.103. The van der Waals surface area contributed by atoms with Gasteiger partial charge in [-0.3, -0.25) is 4.79 Å². The van der Waals surface area contributed by atoms with Gasteiger partial charge in [0.1, 0.15) is 17.1 Å². The van der Waals surface area contributed by atoms with Crippen LogP contribution in [0.3, 0.4) is 0 Å². The summed E-state index contributed by atoms with van der Waals surface area (Å²) in [5.74, 6) is 2.23. The summed E-state index contributed by atoms with van der Waals surface area (Å²) >= 11 is 0. The molecule has 156 valence electrons. The van der Waals surface area contributed by atoms with Gasteiger partial charge in [-0.25, -0.2) is 4.98 Å². The molecule has 29 heavy (non-hydrogen) atoms. The van der Waals surface area contributed by atoms with Gasteiger partial charge < -0.3 is 20.1 Å². The van der Waals surface area contributed by atoms with Gasteiger partial charge in [-0.15, -0.1) is 0 Å². The number of aryl methyl sites for hydroxylation is 2. The van der Waals surface area contributed by atoms with Crippen molar-refractivity contribution in [3.8, 4) is 0 Å². The van der Waals surface area contributed by atoms with Gasteiger partial charge >= 0.3 is 0 Å². The standard InChI is InChI=1S/C21H30N6O2/c1-13-17(12-22-29-13)20(28)23-14-8-10-15(11-9-14)24-21-25-18-7-5-4-6-16(18)19(26-21)27(2)3/h12,14-15H,4-11H2,1-3H3,(H,23,28)(H,24,25,26). The second-order valence-electron chi connectivity index (χ2n) is 8.36. The molecule has 4 rings (SSSR count). The lowest BCUT2D eigenvalue weighted by Gasteiger charge is -2.30. The Balaban J connectivity index is 1.36. The van der Waals surface area contributed by atoms with Gasteiger partial charge in [0.05, 0.1) is 11.9 Å². The Morgan fingerprint density at radius 2 is 1.83 bits per heavy atom. The van der Waals surface area contributed by atoms with Crippen molar-refractivity contribution in [1.82, 2.24) is 20.4 Å². The molecule has 0 atom stereocenters. The number of carbonyl (C=O) groups is 1. The van der Waals surface area contributed by atoms with Gasteiger partial charge in [0.15, 0.2) is 0 Å². The van der Waals surface area contributed by atoms with E-state index in [1.807, 2.05) is 14.1 Å². The number of carbonyl (C=O) groups excluding carboxylic acids is 1. The predicted octanol–water partition coefficient (Wildman–Crippen LogP) is 2.87.